The minimum Gasteiger partial charge on any atom is -0.389 e. The van der Waals surface area contributed by atoms with E-state index in [1.165, 1.54) is 0 Å². The largest absolute Gasteiger partial charge is 0.389 e. The van der Waals surface area contributed by atoms with Crippen LogP contribution in [0.25, 0.3) is 0 Å². The van der Waals surface area contributed by atoms with Crippen molar-refractivity contribution in [3.05, 3.63) is 35.9 Å². The minimum atomic E-state index is -0.522. The lowest BCUT2D eigenvalue weighted by molar-refractivity contribution is -0.00269. The molecule has 0 bridgehead atoms. The lowest BCUT2D eigenvalue weighted by Gasteiger charge is -2.18. The van der Waals surface area contributed by atoms with Gasteiger partial charge in [0.05, 0.1) is 18.8 Å². The zero-order valence-electron chi connectivity index (χ0n) is 11.7. The van der Waals surface area contributed by atoms with Crippen LogP contribution in [-0.2, 0) is 4.74 Å². The molecule has 0 amide bonds. The summed E-state index contributed by atoms with van der Waals surface area (Å²) in [5.41, 5.74) is 1.11. The summed E-state index contributed by atoms with van der Waals surface area (Å²) in [5.74, 6) is 2.59. The molecule has 2 N–H and O–H groups in total. The second-order valence-electron chi connectivity index (χ2n) is 4.76. The molecule has 0 saturated carbocycles. The Morgan fingerprint density at radius 1 is 1.32 bits per heavy atom. The lowest BCUT2D eigenvalue weighted by atomic mass is 10.1. The quantitative estimate of drug-likeness (QED) is 0.704. The second-order valence-corrected chi connectivity index (χ2v) is 4.76. The number of benzene rings is 1. The Balaban J connectivity index is 2.23. The van der Waals surface area contributed by atoms with Crippen LogP contribution in [0.5, 0.6) is 0 Å². The Kier molecular flexibility index (Phi) is 7.20. The zero-order valence-corrected chi connectivity index (χ0v) is 11.7. The maximum Gasteiger partial charge on any atom is 0.0898 e. The Labute approximate surface area is 116 Å². The Hall–Kier alpha value is -1.34. The number of hydrogen-bond donors (Lipinski definition) is 2. The van der Waals surface area contributed by atoms with Gasteiger partial charge in [0.15, 0.2) is 0 Å². The number of rotatable bonds is 8. The van der Waals surface area contributed by atoms with Crippen molar-refractivity contribution in [2.24, 2.45) is 0 Å². The van der Waals surface area contributed by atoms with Gasteiger partial charge in [-0.2, -0.15) is 0 Å². The summed E-state index contributed by atoms with van der Waals surface area (Å²) in [5, 5.41) is 13.0. The second kappa shape index (κ2) is 8.71. The van der Waals surface area contributed by atoms with Crippen molar-refractivity contribution >= 4 is 0 Å². The van der Waals surface area contributed by atoms with Crippen molar-refractivity contribution in [2.45, 2.75) is 38.5 Å². The molecule has 104 valence electrons. The number of aliphatic hydroxyl groups is 1. The molecule has 0 spiro atoms. The van der Waals surface area contributed by atoms with Crippen LogP contribution >= 0.6 is 0 Å². The molecule has 0 radical (unpaired) electrons. The summed E-state index contributed by atoms with van der Waals surface area (Å²) in [6, 6.07) is 10.2. The number of nitrogens with one attached hydrogen (secondary N) is 1. The van der Waals surface area contributed by atoms with E-state index in [4.69, 9.17) is 11.2 Å². The molecular weight excluding hydrogens is 238 g/mol. The number of aliphatic hydroxyl groups excluding tert-OH is 1. The van der Waals surface area contributed by atoms with Gasteiger partial charge in [0.1, 0.15) is 0 Å². The molecule has 3 heteroatoms. The summed E-state index contributed by atoms with van der Waals surface area (Å²) < 4.78 is 5.65. The minimum absolute atomic E-state index is 0.0148. The molecule has 1 rings (SSSR count). The number of terminal acetylenes is 1. The van der Waals surface area contributed by atoms with Crippen LogP contribution in [0.2, 0.25) is 0 Å². The highest BCUT2D eigenvalue weighted by atomic mass is 16.5. The first kappa shape index (κ1) is 15.7. The van der Waals surface area contributed by atoms with Gasteiger partial charge in [0, 0.05) is 19.0 Å². The molecule has 0 aliphatic heterocycles. The fourth-order valence-corrected chi connectivity index (χ4v) is 1.72. The zero-order chi connectivity index (χ0) is 14.1. The van der Waals surface area contributed by atoms with E-state index in [2.05, 4.69) is 11.2 Å². The molecule has 3 atom stereocenters. The van der Waals surface area contributed by atoms with Crippen LogP contribution in [0.3, 0.4) is 0 Å². The van der Waals surface area contributed by atoms with Crippen molar-refractivity contribution < 1.29 is 9.84 Å². The van der Waals surface area contributed by atoms with Crippen LogP contribution in [0.15, 0.2) is 30.3 Å². The Morgan fingerprint density at radius 3 is 2.63 bits per heavy atom. The Bertz CT molecular complexity index is 385. The summed E-state index contributed by atoms with van der Waals surface area (Å²) in [7, 11) is 0. The summed E-state index contributed by atoms with van der Waals surface area (Å²) in [4.78, 5) is 0. The summed E-state index contributed by atoms with van der Waals surface area (Å²) >= 11 is 0. The average molecular weight is 261 g/mol. The van der Waals surface area contributed by atoms with E-state index in [1.54, 1.807) is 0 Å². The summed E-state index contributed by atoms with van der Waals surface area (Å²) in [6.07, 6.45) is 5.35. The van der Waals surface area contributed by atoms with E-state index in [-0.39, 0.29) is 12.1 Å². The summed E-state index contributed by atoms with van der Waals surface area (Å²) in [6.45, 7) is 4.78. The third-order valence-electron chi connectivity index (χ3n) is 2.93. The number of hydrogen-bond acceptors (Lipinski definition) is 3. The van der Waals surface area contributed by atoms with Crippen LogP contribution in [0, 0.1) is 12.3 Å². The smallest absolute Gasteiger partial charge is 0.0898 e. The van der Waals surface area contributed by atoms with Crippen molar-refractivity contribution in [1.29, 1.82) is 0 Å². The van der Waals surface area contributed by atoms with E-state index in [1.807, 2.05) is 44.2 Å². The van der Waals surface area contributed by atoms with Gasteiger partial charge < -0.3 is 15.2 Å². The van der Waals surface area contributed by atoms with Gasteiger partial charge in [0.25, 0.3) is 0 Å². The highest BCUT2D eigenvalue weighted by Crippen LogP contribution is 2.15. The normalized spacial score (nSPS) is 15.5. The maximum absolute atomic E-state index is 9.82. The predicted octanol–water partition coefficient (Wildman–Crippen LogP) is 2.13. The van der Waals surface area contributed by atoms with Gasteiger partial charge in [0.2, 0.25) is 0 Å². The van der Waals surface area contributed by atoms with Crippen molar-refractivity contribution in [2.75, 3.05) is 13.2 Å². The monoisotopic (exact) mass is 261 g/mol. The van der Waals surface area contributed by atoms with Gasteiger partial charge in [-0.05, 0) is 19.4 Å². The fourth-order valence-electron chi connectivity index (χ4n) is 1.72. The highest BCUT2D eigenvalue weighted by Gasteiger charge is 2.10. The molecular formula is C16H23NO2. The van der Waals surface area contributed by atoms with E-state index in [0.29, 0.717) is 19.6 Å². The van der Waals surface area contributed by atoms with Crippen LogP contribution in [0.4, 0.5) is 0 Å². The van der Waals surface area contributed by atoms with E-state index >= 15 is 0 Å². The maximum atomic E-state index is 9.82. The van der Waals surface area contributed by atoms with Crippen LogP contribution in [-0.4, -0.2) is 30.4 Å². The molecule has 19 heavy (non-hydrogen) atoms. The molecule has 1 aromatic carbocycles. The molecule has 0 aliphatic carbocycles. The topological polar surface area (TPSA) is 41.5 Å². The first-order chi connectivity index (χ1) is 9.13. The highest BCUT2D eigenvalue weighted by molar-refractivity contribution is 5.16. The molecule has 0 aliphatic rings. The van der Waals surface area contributed by atoms with Gasteiger partial charge in [-0.25, -0.2) is 0 Å². The first-order valence-corrected chi connectivity index (χ1v) is 6.65. The first-order valence-electron chi connectivity index (χ1n) is 6.65. The van der Waals surface area contributed by atoms with Gasteiger partial charge >= 0.3 is 0 Å². The SMILES string of the molecule is C#CCC(C)NCC(O)COC(C)c1ccccc1. The van der Waals surface area contributed by atoms with Gasteiger partial charge in [-0.3, -0.25) is 0 Å². The van der Waals surface area contributed by atoms with Crippen LogP contribution < -0.4 is 5.32 Å². The Morgan fingerprint density at radius 2 is 2.00 bits per heavy atom. The molecule has 1 aromatic rings. The molecule has 0 fully saturated rings. The molecule has 3 unspecified atom stereocenters. The fraction of sp³-hybridized carbons (Fsp3) is 0.500. The molecule has 0 aromatic heterocycles. The molecule has 0 heterocycles. The lowest BCUT2D eigenvalue weighted by Crippen LogP contribution is -2.35. The average Bonchev–Trinajstić information content (AvgIpc) is 2.44. The predicted molar refractivity (Wildman–Crippen MR) is 77.7 cm³/mol. The van der Waals surface area contributed by atoms with Crippen molar-refractivity contribution in [3.63, 3.8) is 0 Å². The van der Waals surface area contributed by atoms with E-state index in [0.717, 1.165) is 5.56 Å². The van der Waals surface area contributed by atoms with Crippen LogP contribution in [0.1, 0.15) is 31.9 Å². The molecule has 0 saturated heterocycles. The van der Waals surface area contributed by atoms with Gasteiger partial charge in [-0.15, -0.1) is 12.3 Å². The number of ether oxygens (including phenoxy) is 1. The van der Waals surface area contributed by atoms with Crippen molar-refractivity contribution in [3.8, 4) is 12.3 Å². The standard InChI is InChI=1S/C16H23NO2/c1-4-8-13(2)17-11-16(18)12-19-14(3)15-9-6-5-7-10-15/h1,5-7,9-10,13-14,16-18H,8,11-12H2,2-3H3. The third-order valence-corrected chi connectivity index (χ3v) is 2.93. The van der Waals surface area contributed by atoms with E-state index in [9.17, 15) is 5.11 Å². The van der Waals surface area contributed by atoms with E-state index < -0.39 is 6.10 Å². The van der Waals surface area contributed by atoms with Gasteiger partial charge in [-0.1, -0.05) is 30.3 Å². The van der Waals surface area contributed by atoms with Crippen molar-refractivity contribution in [1.82, 2.24) is 5.32 Å². The molecule has 3 nitrogen and oxygen atoms in total. The third kappa shape index (κ3) is 6.40.